The van der Waals surface area contributed by atoms with Crippen LogP contribution in [-0.4, -0.2) is 34.6 Å². The summed E-state index contributed by atoms with van der Waals surface area (Å²) in [4.78, 5) is 8.46. The van der Waals surface area contributed by atoms with Crippen molar-refractivity contribution in [3.05, 3.63) is 73.1 Å². The Bertz CT molecular complexity index is 1160. The number of fused-ring (bicyclic) bond motifs is 1. The molecular formula is C18H13N7O. The third kappa shape index (κ3) is 2.53. The Hall–Kier alpha value is -3.81. The van der Waals surface area contributed by atoms with Crippen LogP contribution in [0.25, 0.3) is 28.1 Å². The van der Waals surface area contributed by atoms with E-state index < -0.39 is 0 Å². The first-order valence-corrected chi connectivity index (χ1v) is 8.04. The average molecular weight is 343 g/mol. The Labute approximate surface area is 147 Å². The van der Waals surface area contributed by atoms with Crippen molar-refractivity contribution in [3.63, 3.8) is 0 Å². The molecule has 0 saturated heterocycles. The van der Waals surface area contributed by atoms with Gasteiger partial charge in [-0.1, -0.05) is 12.1 Å². The Balaban J connectivity index is 1.44. The predicted molar refractivity (Wildman–Crippen MR) is 93.5 cm³/mol. The van der Waals surface area contributed by atoms with Crippen LogP contribution in [-0.2, 0) is 6.54 Å². The molecular weight excluding hydrogens is 330 g/mol. The molecule has 0 spiro atoms. The summed E-state index contributed by atoms with van der Waals surface area (Å²) in [5.41, 5.74) is 4.56. The van der Waals surface area contributed by atoms with Gasteiger partial charge >= 0.3 is 0 Å². The normalized spacial score (nSPS) is 11.2. The lowest BCUT2D eigenvalue weighted by atomic mass is 10.1. The zero-order chi connectivity index (χ0) is 17.3. The first-order valence-electron chi connectivity index (χ1n) is 8.04. The molecule has 5 aromatic rings. The standard InChI is InChI=1S/C18H13N7O/c1-4-15(25-12-19-11-21-25)5-2-13(1)10-24-8-7-20-18(24)14-3-6-16-17(9-14)23-26-22-16/h1-9,11-12H,10H2. The average Bonchev–Trinajstić information content (AvgIpc) is 3.43. The number of benzene rings is 2. The summed E-state index contributed by atoms with van der Waals surface area (Å²) < 4.78 is 8.59. The lowest BCUT2D eigenvalue weighted by molar-refractivity contribution is 0.315. The molecule has 0 atom stereocenters. The molecule has 0 saturated carbocycles. The van der Waals surface area contributed by atoms with Gasteiger partial charge in [0, 0.05) is 24.5 Å². The van der Waals surface area contributed by atoms with Crippen molar-refractivity contribution >= 4 is 11.0 Å². The Morgan fingerprint density at radius 2 is 1.85 bits per heavy atom. The van der Waals surface area contributed by atoms with Crippen molar-refractivity contribution in [1.29, 1.82) is 0 Å². The summed E-state index contributed by atoms with van der Waals surface area (Å²) in [6.07, 6.45) is 6.96. The molecule has 0 radical (unpaired) electrons. The molecule has 0 amide bonds. The highest BCUT2D eigenvalue weighted by Crippen LogP contribution is 2.22. The number of hydrogen-bond donors (Lipinski definition) is 0. The minimum absolute atomic E-state index is 0.710. The zero-order valence-electron chi connectivity index (χ0n) is 13.6. The number of aromatic nitrogens is 7. The lowest BCUT2D eigenvalue weighted by Gasteiger charge is -2.09. The third-order valence-corrected chi connectivity index (χ3v) is 4.20. The molecule has 0 aliphatic rings. The maximum absolute atomic E-state index is 4.77. The fourth-order valence-corrected chi connectivity index (χ4v) is 2.91. The Morgan fingerprint density at radius 3 is 2.69 bits per heavy atom. The van der Waals surface area contributed by atoms with Crippen LogP contribution in [0.2, 0.25) is 0 Å². The number of imidazole rings is 1. The summed E-state index contributed by atoms with van der Waals surface area (Å²) in [6.45, 7) is 0.710. The SMILES string of the molecule is c1cn(Cc2ccc(-n3cncn3)cc2)c(-c2ccc3nonc3c2)n1. The van der Waals surface area contributed by atoms with Gasteiger partial charge in [-0.25, -0.2) is 19.3 Å². The van der Waals surface area contributed by atoms with Crippen LogP contribution < -0.4 is 0 Å². The summed E-state index contributed by atoms with van der Waals surface area (Å²) in [5, 5.41) is 11.9. The maximum atomic E-state index is 4.77. The van der Waals surface area contributed by atoms with Gasteiger partial charge in [-0.3, -0.25) is 0 Å². The molecule has 5 rings (SSSR count). The van der Waals surface area contributed by atoms with E-state index in [0.29, 0.717) is 12.1 Å². The largest absolute Gasteiger partial charge is 0.327 e. The second kappa shape index (κ2) is 5.92. The van der Waals surface area contributed by atoms with E-state index in [2.05, 4.69) is 42.1 Å². The van der Waals surface area contributed by atoms with Crippen molar-refractivity contribution in [2.45, 2.75) is 6.54 Å². The Morgan fingerprint density at radius 1 is 0.962 bits per heavy atom. The van der Waals surface area contributed by atoms with Crippen LogP contribution in [0, 0.1) is 0 Å². The first-order chi connectivity index (χ1) is 12.9. The van der Waals surface area contributed by atoms with Crippen molar-refractivity contribution in [3.8, 4) is 17.1 Å². The molecule has 3 heterocycles. The van der Waals surface area contributed by atoms with E-state index in [1.807, 2.05) is 36.5 Å². The van der Waals surface area contributed by atoms with Gasteiger partial charge in [0.15, 0.2) is 0 Å². The minimum Gasteiger partial charge on any atom is -0.327 e. The van der Waals surface area contributed by atoms with Gasteiger partial charge in [0.2, 0.25) is 0 Å². The van der Waals surface area contributed by atoms with E-state index in [1.54, 1.807) is 17.2 Å². The van der Waals surface area contributed by atoms with Gasteiger partial charge in [-0.15, -0.1) is 0 Å². The first kappa shape index (κ1) is 14.5. The molecule has 0 aliphatic heterocycles. The highest BCUT2D eigenvalue weighted by Gasteiger charge is 2.09. The second-order valence-corrected chi connectivity index (χ2v) is 5.85. The van der Waals surface area contributed by atoms with Crippen LogP contribution in [0.5, 0.6) is 0 Å². The van der Waals surface area contributed by atoms with Crippen molar-refractivity contribution in [2.24, 2.45) is 0 Å². The van der Waals surface area contributed by atoms with Gasteiger partial charge in [0.05, 0.1) is 5.69 Å². The van der Waals surface area contributed by atoms with Gasteiger partial charge in [0.1, 0.15) is 29.5 Å². The van der Waals surface area contributed by atoms with E-state index in [1.165, 1.54) is 6.33 Å². The monoisotopic (exact) mass is 343 g/mol. The molecule has 8 nitrogen and oxygen atoms in total. The fourth-order valence-electron chi connectivity index (χ4n) is 2.91. The highest BCUT2D eigenvalue weighted by atomic mass is 16.6. The topological polar surface area (TPSA) is 87.5 Å². The summed E-state index contributed by atoms with van der Waals surface area (Å²) >= 11 is 0. The van der Waals surface area contributed by atoms with Crippen LogP contribution in [0.15, 0.2) is 72.1 Å². The zero-order valence-corrected chi connectivity index (χ0v) is 13.6. The molecule has 0 aliphatic carbocycles. The van der Waals surface area contributed by atoms with Crippen LogP contribution >= 0.6 is 0 Å². The van der Waals surface area contributed by atoms with Crippen LogP contribution in [0.3, 0.4) is 0 Å². The highest BCUT2D eigenvalue weighted by molar-refractivity contribution is 5.79. The van der Waals surface area contributed by atoms with Gasteiger partial charge < -0.3 is 4.57 Å². The summed E-state index contributed by atoms with van der Waals surface area (Å²) in [5.74, 6) is 0.871. The van der Waals surface area contributed by atoms with E-state index in [-0.39, 0.29) is 0 Å². The van der Waals surface area contributed by atoms with Gasteiger partial charge in [0.25, 0.3) is 0 Å². The van der Waals surface area contributed by atoms with E-state index in [4.69, 9.17) is 4.63 Å². The van der Waals surface area contributed by atoms with Gasteiger partial charge in [-0.05, 0) is 46.2 Å². The minimum atomic E-state index is 0.710. The molecule has 0 N–H and O–H groups in total. The third-order valence-electron chi connectivity index (χ3n) is 4.20. The molecule has 2 aromatic carbocycles. The van der Waals surface area contributed by atoms with E-state index >= 15 is 0 Å². The number of hydrogen-bond acceptors (Lipinski definition) is 6. The fraction of sp³-hybridized carbons (Fsp3) is 0.0556. The molecule has 126 valence electrons. The molecule has 26 heavy (non-hydrogen) atoms. The quantitative estimate of drug-likeness (QED) is 0.498. The molecule has 0 unspecified atom stereocenters. The van der Waals surface area contributed by atoms with Crippen molar-refractivity contribution < 1.29 is 4.63 Å². The molecule has 3 aromatic heterocycles. The second-order valence-electron chi connectivity index (χ2n) is 5.85. The van der Waals surface area contributed by atoms with Crippen molar-refractivity contribution in [2.75, 3.05) is 0 Å². The lowest BCUT2D eigenvalue weighted by Crippen LogP contribution is -2.02. The summed E-state index contributed by atoms with van der Waals surface area (Å²) in [7, 11) is 0. The predicted octanol–water partition coefficient (Wildman–Crippen LogP) is 2.72. The Kier molecular flexibility index (Phi) is 3.31. The van der Waals surface area contributed by atoms with Crippen LogP contribution in [0.1, 0.15) is 5.56 Å². The smallest absolute Gasteiger partial charge is 0.140 e. The molecule has 8 heteroatoms. The van der Waals surface area contributed by atoms with Crippen LogP contribution in [0.4, 0.5) is 0 Å². The maximum Gasteiger partial charge on any atom is 0.140 e. The van der Waals surface area contributed by atoms with Gasteiger partial charge in [-0.2, -0.15) is 5.10 Å². The van der Waals surface area contributed by atoms with Crippen molar-refractivity contribution in [1.82, 2.24) is 34.6 Å². The molecule has 0 bridgehead atoms. The summed E-state index contributed by atoms with van der Waals surface area (Å²) in [6, 6.07) is 14.0. The molecule has 0 fully saturated rings. The van der Waals surface area contributed by atoms with E-state index in [0.717, 1.165) is 28.2 Å². The number of rotatable bonds is 4. The number of nitrogens with zero attached hydrogens (tertiary/aromatic N) is 7. The van der Waals surface area contributed by atoms with E-state index in [9.17, 15) is 0 Å².